The van der Waals surface area contributed by atoms with Crippen LogP contribution in [0.25, 0.3) is 22.0 Å². The predicted molar refractivity (Wildman–Crippen MR) is 136 cm³/mol. The van der Waals surface area contributed by atoms with Crippen molar-refractivity contribution in [3.05, 3.63) is 77.5 Å². The van der Waals surface area contributed by atoms with Crippen LogP contribution in [0.2, 0.25) is 0 Å². The minimum Gasteiger partial charge on any atom is -0.508 e. The zero-order chi connectivity index (χ0) is 24.9. The van der Waals surface area contributed by atoms with Gasteiger partial charge in [0.05, 0.1) is 18.5 Å². The molecule has 0 aliphatic carbocycles. The first-order valence-electron chi connectivity index (χ1n) is 11.8. The molecule has 0 radical (unpaired) electrons. The smallest absolute Gasteiger partial charge is 0.310 e. The Kier molecular flexibility index (Phi) is 7.36. The van der Waals surface area contributed by atoms with E-state index in [1.807, 2.05) is 47.1 Å². The first-order chi connectivity index (χ1) is 16.9. The molecule has 0 amide bonds. The monoisotopic (exact) mass is 473 g/mol. The molecule has 1 aromatic heterocycles. The molecular formula is C28H31N3O4. The van der Waals surface area contributed by atoms with Gasteiger partial charge in [-0.25, -0.2) is 0 Å². The van der Waals surface area contributed by atoms with Crippen LogP contribution in [0.3, 0.4) is 0 Å². The molecule has 0 atom stereocenters. The van der Waals surface area contributed by atoms with Crippen molar-refractivity contribution in [1.29, 1.82) is 0 Å². The normalized spacial score (nSPS) is 11.2. The van der Waals surface area contributed by atoms with E-state index in [1.165, 1.54) is 0 Å². The van der Waals surface area contributed by atoms with Crippen LogP contribution in [0.15, 0.2) is 60.7 Å². The fourth-order valence-corrected chi connectivity index (χ4v) is 4.15. The van der Waals surface area contributed by atoms with E-state index in [9.17, 15) is 9.90 Å². The number of nitrogens with two attached hydrogens (primary N) is 1. The Balaban J connectivity index is 1.69. The van der Waals surface area contributed by atoms with Crippen LogP contribution in [0.5, 0.6) is 11.5 Å². The molecule has 35 heavy (non-hydrogen) atoms. The van der Waals surface area contributed by atoms with E-state index in [0.717, 1.165) is 38.9 Å². The third kappa shape index (κ3) is 5.46. The van der Waals surface area contributed by atoms with Gasteiger partial charge in [0, 0.05) is 23.5 Å². The molecule has 7 heteroatoms. The Labute approximate surface area is 205 Å². The topological polar surface area (TPSA) is 99.6 Å². The summed E-state index contributed by atoms with van der Waals surface area (Å²) in [6.07, 6.45) is 0.149. The molecular weight excluding hydrogens is 442 g/mol. The van der Waals surface area contributed by atoms with E-state index in [1.54, 1.807) is 19.1 Å². The predicted octanol–water partition coefficient (Wildman–Crippen LogP) is 5.13. The van der Waals surface area contributed by atoms with E-state index in [4.69, 9.17) is 20.3 Å². The van der Waals surface area contributed by atoms with Crippen LogP contribution in [-0.2, 0) is 29.1 Å². The van der Waals surface area contributed by atoms with Crippen LogP contribution < -0.4 is 10.5 Å². The van der Waals surface area contributed by atoms with Crippen molar-refractivity contribution in [2.45, 2.75) is 46.4 Å². The maximum atomic E-state index is 12.0. The van der Waals surface area contributed by atoms with Crippen molar-refractivity contribution >= 4 is 16.9 Å². The molecule has 0 aliphatic heterocycles. The lowest BCUT2D eigenvalue weighted by atomic mass is 10.0. The largest absolute Gasteiger partial charge is 0.508 e. The highest BCUT2D eigenvalue weighted by molar-refractivity contribution is 5.87. The molecule has 182 valence electrons. The van der Waals surface area contributed by atoms with Crippen LogP contribution >= 0.6 is 0 Å². The molecule has 0 saturated carbocycles. The number of para-hydroxylation sites is 1. The van der Waals surface area contributed by atoms with Crippen molar-refractivity contribution in [2.75, 3.05) is 6.61 Å². The van der Waals surface area contributed by atoms with Gasteiger partial charge < -0.3 is 20.3 Å². The number of carbonyl (C=O) groups excluding carboxylic acids is 1. The number of nitrogens with zero attached hydrogens (tertiary/aromatic N) is 2. The molecule has 0 unspecified atom stereocenters. The van der Waals surface area contributed by atoms with Gasteiger partial charge in [-0.05, 0) is 73.9 Å². The Bertz CT molecular complexity index is 1340. The summed E-state index contributed by atoms with van der Waals surface area (Å²) in [5, 5.41) is 15.9. The molecule has 0 fully saturated rings. The fraction of sp³-hybridized carbons (Fsp3) is 0.286. The van der Waals surface area contributed by atoms with Crippen LogP contribution in [-0.4, -0.2) is 27.5 Å². The minimum atomic E-state index is -0.286. The molecule has 3 N–H and O–H groups in total. The van der Waals surface area contributed by atoms with E-state index >= 15 is 0 Å². The van der Waals surface area contributed by atoms with Gasteiger partial charge in [-0.3, -0.25) is 9.48 Å². The van der Waals surface area contributed by atoms with E-state index in [0.29, 0.717) is 18.9 Å². The number of esters is 1. The van der Waals surface area contributed by atoms with Gasteiger partial charge in [-0.1, -0.05) is 24.3 Å². The Morgan fingerprint density at radius 3 is 2.63 bits per heavy atom. The number of aromatic nitrogens is 2. The lowest BCUT2D eigenvalue weighted by molar-refractivity contribution is -0.142. The molecule has 4 rings (SSSR count). The number of benzene rings is 3. The molecule has 0 aliphatic rings. The number of hydrogen-bond acceptors (Lipinski definition) is 6. The maximum Gasteiger partial charge on any atom is 0.310 e. The number of carbonyl (C=O) groups is 1. The van der Waals surface area contributed by atoms with Gasteiger partial charge in [-0.2, -0.15) is 5.10 Å². The van der Waals surface area contributed by atoms with Gasteiger partial charge >= 0.3 is 5.97 Å². The number of hydrogen-bond donors (Lipinski definition) is 2. The van der Waals surface area contributed by atoms with Gasteiger partial charge in [-0.15, -0.1) is 0 Å². The third-order valence-corrected chi connectivity index (χ3v) is 5.80. The number of fused-ring (bicyclic) bond motifs is 1. The van der Waals surface area contributed by atoms with E-state index in [-0.39, 0.29) is 30.8 Å². The highest BCUT2D eigenvalue weighted by atomic mass is 16.5. The Hall–Kier alpha value is -3.84. The lowest BCUT2D eigenvalue weighted by Gasteiger charge is -2.11. The quantitative estimate of drug-likeness (QED) is 0.327. The second-order valence-corrected chi connectivity index (χ2v) is 8.69. The number of aromatic hydroxyl groups is 1. The lowest BCUT2D eigenvalue weighted by Crippen LogP contribution is -2.09. The average Bonchev–Trinajstić information content (AvgIpc) is 3.21. The van der Waals surface area contributed by atoms with E-state index in [2.05, 4.69) is 19.9 Å². The molecule has 3 aromatic carbocycles. The van der Waals surface area contributed by atoms with Crippen LogP contribution in [0.1, 0.15) is 43.6 Å². The van der Waals surface area contributed by atoms with Crippen molar-refractivity contribution in [2.24, 2.45) is 5.73 Å². The van der Waals surface area contributed by atoms with Crippen LogP contribution in [0.4, 0.5) is 0 Å². The van der Waals surface area contributed by atoms with Crippen molar-refractivity contribution < 1.29 is 19.4 Å². The summed E-state index contributed by atoms with van der Waals surface area (Å²) in [6, 6.07) is 19.2. The van der Waals surface area contributed by atoms with Crippen molar-refractivity contribution in [3.63, 3.8) is 0 Å². The second-order valence-electron chi connectivity index (χ2n) is 8.69. The van der Waals surface area contributed by atoms with Gasteiger partial charge in [0.2, 0.25) is 0 Å². The fourth-order valence-electron chi connectivity index (χ4n) is 4.15. The zero-order valence-corrected chi connectivity index (χ0v) is 20.3. The molecule has 4 aromatic rings. The summed E-state index contributed by atoms with van der Waals surface area (Å²) >= 11 is 0. The summed E-state index contributed by atoms with van der Waals surface area (Å²) in [6.45, 7) is 6.89. The standard InChI is InChI=1S/C28H31N3O4/c1-4-34-28(33)15-21-7-5-6-8-27(21)35-17-25-24-14-20(9-10-26(24)31(30-25)18(2)3)22-11-19(16-29)12-23(32)13-22/h5-14,18,32H,4,15-17,29H2,1-3H3. The first kappa shape index (κ1) is 24.3. The average molecular weight is 474 g/mol. The summed E-state index contributed by atoms with van der Waals surface area (Å²) in [7, 11) is 0. The number of phenols is 1. The van der Waals surface area contributed by atoms with E-state index < -0.39 is 0 Å². The third-order valence-electron chi connectivity index (χ3n) is 5.80. The van der Waals surface area contributed by atoms with Gasteiger partial charge in [0.15, 0.2) is 0 Å². The summed E-state index contributed by atoms with van der Waals surface area (Å²) in [4.78, 5) is 12.0. The summed E-state index contributed by atoms with van der Waals surface area (Å²) in [5.74, 6) is 0.526. The Morgan fingerprint density at radius 1 is 1.09 bits per heavy atom. The Morgan fingerprint density at radius 2 is 1.89 bits per heavy atom. The first-order valence-corrected chi connectivity index (χ1v) is 11.8. The summed E-state index contributed by atoms with van der Waals surface area (Å²) < 4.78 is 13.2. The van der Waals surface area contributed by atoms with Crippen molar-refractivity contribution in [3.8, 4) is 22.6 Å². The highest BCUT2D eigenvalue weighted by Gasteiger charge is 2.16. The van der Waals surface area contributed by atoms with Crippen molar-refractivity contribution in [1.82, 2.24) is 9.78 Å². The molecule has 0 saturated heterocycles. The van der Waals surface area contributed by atoms with Gasteiger partial charge in [0.25, 0.3) is 0 Å². The minimum absolute atomic E-state index is 0.149. The van der Waals surface area contributed by atoms with Gasteiger partial charge in [0.1, 0.15) is 23.8 Å². The maximum absolute atomic E-state index is 12.0. The number of ether oxygens (including phenoxy) is 2. The summed E-state index contributed by atoms with van der Waals surface area (Å²) in [5.41, 5.74) is 11.1. The molecule has 0 bridgehead atoms. The zero-order valence-electron chi connectivity index (χ0n) is 20.3. The van der Waals surface area contributed by atoms with Crippen LogP contribution in [0, 0.1) is 0 Å². The SMILES string of the molecule is CCOC(=O)Cc1ccccc1OCc1nn(C(C)C)c2ccc(-c3cc(O)cc(CN)c3)cc12. The number of rotatable bonds is 9. The highest BCUT2D eigenvalue weighted by Crippen LogP contribution is 2.31. The second kappa shape index (κ2) is 10.6. The number of phenolic OH excluding ortho intramolecular Hbond substituents is 1. The molecule has 7 nitrogen and oxygen atoms in total. The molecule has 1 heterocycles. The molecule has 0 spiro atoms.